The average molecular weight is 299 g/mol. The molecule has 0 unspecified atom stereocenters. The van der Waals surface area contributed by atoms with Gasteiger partial charge in [-0.25, -0.2) is 4.98 Å². The molecule has 0 fully saturated rings. The summed E-state index contributed by atoms with van der Waals surface area (Å²) in [6, 6.07) is 1.67. The number of alkyl halides is 1. The number of amides is 1. The number of halogens is 1. The number of carbonyl (C=O) groups is 1. The Bertz CT molecular complexity index is 604. The molecule has 19 heavy (non-hydrogen) atoms. The zero-order chi connectivity index (χ0) is 14.0. The van der Waals surface area contributed by atoms with Gasteiger partial charge in [0.25, 0.3) is 5.91 Å². The number of nitrogens with zero attached hydrogens (tertiary/aromatic N) is 1. The minimum Gasteiger partial charge on any atom is -0.456 e. The van der Waals surface area contributed by atoms with Gasteiger partial charge in [0.15, 0.2) is 10.9 Å². The van der Waals surface area contributed by atoms with E-state index in [1.165, 1.54) is 11.3 Å². The number of anilines is 1. The second kappa shape index (κ2) is 5.75. The van der Waals surface area contributed by atoms with Crippen molar-refractivity contribution in [3.05, 3.63) is 33.7 Å². The molecule has 6 heteroatoms. The topological polar surface area (TPSA) is 55.1 Å². The van der Waals surface area contributed by atoms with Crippen LogP contribution in [0.2, 0.25) is 0 Å². The Morgan fingerprint density at radius 3 is 2.79 bits per heavy atom. The van der Waals surface area contributed by atoms with E-state index in [0.29, 0.717) is 16.8 Å². The minimum absolute atomic E-state index is 0.263. The van der Waals surface area contributed by atoms with Crippen LogP contribution in [0.1, 0.15) is 39.4 Å². The first-order chi connectivity index (χ1) is 9.05. The fourth-order valence-electron chi connectivity index (χ4n) is 1.73. The zero-order valence-corrected chi connectivity index (χ0v) is 12.6. The standard InChI is InChI=1S/C13H15ClN2O2S/c1-4-10-8(3)19-13(15-10)16-12(17)11-5-9(6-14)7(2)18-11/h5H,4,6H2,1-3H3,(H,15,16,17). The lowest BCUT2D eigenvalue weighted by Crippen LogP contribution is -2.10. The van der Waals surface area contributed by atoms with Crippen molar-refractivity contribution in [2.45, 2.75) is 33.1 Å². The highest BCUT2D eigenvalue weighted by atomic mass is 35.5. The second-order valence-corrected chi connectivity index (χ2v) is 5.63. The van der Waals surface area contributed by atoms with Crippen LogP contribution in [0.3, 0.4) is 0 Å². The van der Waals surface area contributed by atoms with Crippen LogP contribution in [0.4, 0.5) is 5.13 Å². The molecule has 0 aromatic carbocycles. The number of aryl methyl sites for hydroxylation is 3. The molecular formula is C13H15ClN2O2S. The molecule has 2 aromatic heterocycles. The summed E-state index contributed by atoms with van der Waals surface area (Å²) >= 11 is 7.22. The molecule has 0 saturated heterocycles. The van der Waals surface area contributed by atoms with E-state index in [0.717, 1.165) is 22.6 Å². The Hall–Kier alpha value is -1.33. The lowest BCUT2D eigenvalue weighted by atomic mass is 10.3. The molecule has 1 N–H and O–H groups in total. The third-order valence-corrected chi connectivity index (χ3v) is 4.05. The van der Waals surface area contributed by atoms with E-state index in [-0.39, 0.29) is 11.7 Å². The van der Waals surface area contributed by atoms with Crippen molar-refractivity contribution >= 4 is 34.0 Å². The fraction of sp³-hybridized carbons (Fsp3) is 0.385. The SMILES string of the molecule is CCc1nc(NC(=O)c2cc(CCl)c(C)o2)sc1C. The molecule has 0 aliphatic heterocycles. The quantitative estimate of drug-likeness (QED) is 0.871. The number of carbonyl (C=O) groups excluding carboxylic acids is 1. The fourth-order valence-corrected chi connectivity index (χ4v) is 2.90. The van der Waals surface area contributed by atoms with Crippen LogP contribution in [-0.2, 0) is 12.3 Å². The van der Waals surface area contributed by atoms with Gasteiger partial charge in [0.1, 0.15) is 5.76 Å². The number of hydrogen-bond donors (Lipinski definition) is 1. The van der Waals surface area contributed by atoms with Crippen molar-refractivity contribution in [2.24, 2.45) is 0 Å². The average Bonchev–Trinajstić information content (AvgIpc) is 2.92. The lowest BCUT2D eigenvalue weighted by Gasteiger charge is -1.97. The first-order valence-corrected chi connectivity index (χ1v) is 7.33. The largest absolute Gasteiger partial charge is 0.456 e. The van der Waals surface area contributed by atoms with Gasteiger partial charge in [0, 0.05) is 10.4 Å². The predicted octanol–water partition coefficient (Wildman–Crippen LogP) is 3.91. The van der Waals surface area contributed by atoms with E-state index in [1.807, 2.05) is 13.8 Å². The van der Waals surface area contributed by atoms with Crippen molar-refractivity contribution in [3.63, 3.8) is 0 Å². The highest BCUT2D eigenvalue weighted by molar-refractivity contribution is 7.15. The third-order valence-electron chi connectivity index (χ3n) is 2.84. The van der Waals surface area contributed by atoms with Crippen molar-refractivity contribution in [1.29, 1.82) is 0 Å². The van der Waals surface area contributed by atoms with Crippen molar-refractivity contribution in [3.8, 4) is 0 Å². The van der Waals surface area contributed by atoms with Gasteiger partial charge in [-0.2, -0.15) is 0 Å². The van der Waals surface area contributed by atoms with Crippen LogP contribution in [0.15, 0.2) is 10.5 Å². The molecule has 102 valence electrons. The smallest absolute Gasteiger partial charge is 0.293 e. The van der Waals surface area contributed by atoms with Gasteiger partial charge in [0.2, 0.25) is 0 Å². The van der Waals surface area contributed by atoms with Gasteiger partial charge in [-0.3, -0.25) is 10.1 Å². The van der Waals surface area contributed by atoms with Crippen molar-refractivity contribution < 1.29 is 9.21 Å². The molecule has 2 heterocycles. The Morgan fingerprint density at radius 1 is 1.53 bits per heavy atom. The summed E-state index contributed by atoms with van der Waals surface area (Å²) in [6.45, 7) is 5.82. The summed E-state index contributed by atoms with van der Waals surface area (Å²) in [4.78, 5) is 17.5. The molecule has 0 spiro atoms. The molecule has 0 bridgehead atoms. The van der Waals surface area contributed by atoms with E-state index in [4.69, 9.17) is 16.0 Å². The highest BCUT2D eigenvalue weighted by Gasteiger charge is 2.16. The van der Waals surface area contributed by atoms with Crippen LogP contribution in [-0.4, -0.2) is 10.9 Å². The van der Waals surface area contributed by atoms with Gasteiger partial charge < -0.3 is 4.42 Å². The molecule has 2 rings (SSSR count). The maximum absolute atomic E-state index is 12.0. The molecule has 2 aromatic rings. The van der Waals surface area contributed by atoms with Crippen LogP contribution < -0.4 is 5.32 Å². The normalized spacial score (nSPS) is 10.7. The van der Waals surface area contributed by atoms with E-state index in [9.17, 15) is 4.79 Å². The number of furan rings is 1. The Balaban J connectivity index is 2.15. The van der Waals surface area contributed by atoms with Gasteiger partial charge in [-0.05, 0) is 26.3 Å². The monoisotopic (exact) mass is 298 g/mol. The van der Waals surface area contributed by atoms with Crippen molar-refractivity contribution in [1.82, 2.24) is 4.98 Å². The summed E-state index contributed by atoms with van der Waals surface area (Å²) in [5, 5.41) is 3.35. The van der Waals surface area contributed by atoms with Crippen LogP contribution in [0, 0.1) is 13.8 Å². The molecule has 0 atom stereocenters. The molecule has 4 nitrogen and oxygen atoms in total. The van der Waals surface area contributed by atoms with Gasteiger partial charge >= 0.3 is 0 Å². The van der Waals surface area contributed by atoms with Crippen LogP contribution >= 0.6 is 22.9 Å². The van der Waals surface area contributed by atoms with Crippen molar-refractivity contribution in [2.75, 3.05) is 5.32 Å². The molecule has 1 amide bonds. The molecule has 0 radical (unpaired) electrons. The maximum Gasteiger partial charge on any atom is 0.293 e. The summed E-state index contributed by atoms with van der Waals surface area (Å²) in [5.41, 5.74) is 1.84. The van der Waals surface area contributed by atoms with Crippen LogP contribution in [0.5, 0.6) is 0 Å². The maximum atomic E-state index is 12.0. The zero-order valence-electron chi connectivity index (χ0n) is 11.0. The minimum atomic E-state index is -0.295. The molecule has 0 saturated carbocycles. The highest BCUT2D eigenvalue weighted by Crippen LogP contribution is 2.24. The van der Waals surface area contributed by atoms with E-state index < -0.39 is 0 Å². The summed E-state index contributed by atoms with van der Waals surface area (Å²) < 4.78 is 5.38. The molecule has 0 aliphatic carbocycles. The lowest BCUT2D eigenvalue weighted by molar-refractivity contribution is 0.0995. The van der Waals surface area contributed by atoms with Gasteiger partial charge in [-0.15, -0.1) is 22.9 Å². The Morgan fingerprint density at radius 2 is 2.26 bits per heavy atom. The number of aromatic nitrogens is 1. The van der Waals surface area contributed by atoms with Gasteiger partial charge in [-0.1, -0.05) is 6.92 Å². The summed E-state index contributed by atoms with van der Waals surface area (Å²) in [7, 11) is 0. The van der Waals surface area contributed by atoms with E-state index in [2.05, 4.69) is 10.3 Å². The number of nitrogens with one attached hydrogen (secondary N) is 1. The van der Waals surface area contributed by atoms with E-state index >= 15 is 0 Å². The molecule has 0 aliphatic rings. The third kappa shape index (κ3) is 2.98. The number of hydrogen-bond acceptors (Lipinski definition) is 4. The Kier molecular flexibility index (Phi) is 4.27. The second-order valence-electron chi connectivity index (χ2n) is 4.16. The first-order valence-electron chi connectivity index (χ1n) is 5.98. The Labute approximate surface area is 120 Å². The van der Waals surface area contributed by atoms with E-state index in [1.54, 1.807) is 13.0 Å². The van der Waals surface area contributed by atoms with Gasteiger partial charge in [0.05, 0.1) is 11.6 Å². The molecular weight excluding hydrogens is 284 g/mol. The predicted molar refractivity (Wildman–Crippen MR) is 77.2 cm³/mol. The summed E-state index contributed by atoms with van der Waals surface area (Å²) in [6.07, 6.45) is 0.856. The first kappa shape index (κ1) is 14.1. The number of thiazole rings is 1. The van der Waals surface area contributed by atoms with Crippen LogP contribution in [0.25, 0.3) is 0 Å². The summed E-state index contributed by atoms with van der Waals surface area (Å²) in [5.74, 6) is 0.971. The number of rotatable bonds is 4.